The molecule has 1 aliphatic rings. The summed E-state index contributed by atoms with van der Waals surface area (Å²) < 4.78 is 11.9. The number of rotatable bonds is 6. The Morgan fingerprint density at radius 3 is 2.52 bits per heavy atom. The Bertz CT molecular complexity index is 1240. The molecule has 5 nitrogen and oxygen atoms in total. The molecule has 2 unspecified atom stereocenters. The van der Waals surface area contributed by atoms with Crippen molar-refractivity contribution in [3.63, 3.8) is 0 Å². The van der Waals surface area contributed by atoms with Crippen LogP contribution in [0, 0.1) is 0 Å². The third-order valence-electron chi connectivity index (χ3n) is 5.57. The first-order valence-electron chi connectivity index (χ1n) is 10.7. The van der Waals surface area contributed by atoms with Crippen LogP contribution >= 0.6 is 23.8 Å². The molecule has 1 fully saturated rings. The first-order valence-corrected chi connectivity index (χ1v) is 11.5. The lowest BCUT2D eigenvalue weighted by molar-refractivity contribution is 0.340. The normalized spacial score (nSPS) is 17.8. The highest BCUT2D eigenvalue weighted by Gasteiger charge is 2.42. The lowest BCUT2D eigenvalue weighted by Crippen LogP contribution is -2.29. The van der Waals surface area contributed by atoms with Crippen molar-refractivity contribution in [2.45, 2.75) is 19.0 Å². The number of hydrogen-bond acceptors (Lipinski definition) is 4. The second kappa shape index (κ2) is 9.25. The lowest BCUT2D eigenvalue weighted by atomic mass is 10.0. The first-order chi connectivity index (χ1) is 16.1. The molecule has 3 heterocycles. The predicted molar refractivity (Wildman–Crippen MR) is 135 cm³/mol. The molecule has 7 heteroatoms. The molecule has 2 atom stereocenters. The van der Waals surface area contributed by atoms with E-state index in [1.165, 1.54) is 0 Å². The monoisotopic (exact) mass is 475 g/mol. The summed E-state index contributed by atoms with van der Waals surface area (Å²) in [6, 6.07) is 25.0. The molecule has 4 aromatic rings. The van der Waals surface area contributed by atoms with Crippen molar-refractivity contribution in [1.82, 2.24) is 10.3 Å². The number of pyridine rings is 1. The molecular weight excluding hydrogens is 454 g/mol. The summed E-state index contributed by atoms with van der Waals surface area (Å²) in [4.78, 5) is 6.64. The summed E-state index contributed by atoms with van der Waals surface area (Å²) in [6.45, 7) is 2.60. The molecule has 1 aliphatic heterocycles. The standard InChI is InChI=1S/C26H22ClN3O2S/c1-2-31-20-12-6-17(7-13-20)22-14-15-23(32-22)25-24(21-5-3-4-16-28-21)29-26(33)30(25)19-10-8-18(27)9-11-19/h3-16,24-25H,2H2,1H3,(H,29,33). The van der Waals surface area contributed by atoms with Crippen LogP contribution in [0.4, 0.5) is 5.69 Å². The Balaban J connectivity index is 1.54. The van der Waals surface area contributed by atoms with Crippen LogP contribution in [0.3, 0.4) is 0 Å². The van der Waals surface area contributed by atoms with Gasteiger partial charge in [0, 0.05) is 22.5 Å². The zero-order valence-electron chi connectivity index (χ0n) is 17.9. The van der Waals surface area contributed by atoms with Crippen LogP contribution in [0.5, 0.6) is 5.75 Å². The highest BCUT2D eigenvalue weighted by molar-refractivity contribution is 7.80. The average molecular weight is 476 g/mol. The van der Waals surface area contributed by atoms with E-state index in [9.17, 15) is 0 Å². The maximum atomic E-state index is 6.39. The number of ether oxygens (including phenoxy) is 1. The van der Waals surface area contributed by atoms with Crippen molar-refractivity contribution in [2.24, 2.45) is 0 Å². The van der Waals surface area contributed by atoms with Crippen molar-refractivity contribution in [3.8, 4) is 17.1 Å². The second-order valence-electron chi connectivity index (χ2n) is 7.63. The number of thiocarbonyl (C=S) groups is 1. The van der Waals surface area contributed by atoms with E-state index in [4.69, 9.17) is 33.0 Å². The van der Waals surface area contributed by atoms with Gasteiger partial charge in [-0.25, -0.2) is 0 Å². The van der Waals surface area contributed by atoms with Crippen LogP contribution in [0.2, 0.25) is 5.02 Å². The molecule has 2 aromatic carbocycles. The van der Waals surface area contributed by atoms with Gasteiger partial charge in [-0.05, 0) is 91.9 Å². The van der Waals surface area contributed by atoms with Gasteiger partial charge < -0.3 is 19.4 Å². The van der Waals surface area contributed by atoms with Gasteiger partial charge in [0.25, 0.3) is 0 Å². The quantitative estimate of drug-likeness (QED) is 0.318. The minimum Gasteiger partial charge on any atom is -0.494 e. The zero-order chi connectivity index (χ0) is 22.8. The van der Waals surface area contributed by atoms with Gasteiger partial charge in [0.2, 0.25) is 0 Å². The van der Waals surface area contributed by atoms with Gasteiger partial charge in [-0.3, -0.25) is 4.98 Å². The molecule has 33 heavy (non-hydrogen) atoms. The van der Waals surface area contributed by atoms with Gasteiger partial charge in [-0.1, -0.05) is 17.7 Å². The van der Waals surface area contributed by atoms with Crippen LogP contribution in [-0.4, -0.2) is 16.7 Å². The average Bonchev–Trinajstić information content (AvgIpc) is 3.46. The van der Waals surface area contributed by atoms with Gasteiger partial charge >= 0.3 is 0 Å². The van der Waals surface area contributed by atoms with Gasteiger partial charge in [-0.15, -0.1) is 0 Å². The second-order valence-corrected chi connectivity index (χ2v) is 8.46. The van der Waals surface area contributed by atoms with Crippen LogP contribution in [0.15, 0.2) is 89.5 Å². The Morgan fingerprint density at radius 1 is 1.03 bits per heavy atom. The molecular formula is C26H22ClN3O2S. The third-order valence-corrected chi connectivity index (χ3v) is 6.14. The molecule has 0 amide bonds. The van der Waals surface area contributed by atoms with Gasteiger partial charge in [0.05, 0.1) is 18.3 Å². The summed E-state index contributed by atoms with van der Waals surface area (Å²) in [5, 5.41) is 4.72. The highest BCUT2D eigenvalue weighted by atomic mass is 35.5. The third kappa shape index (κ3) is 4.32. The molecule has 0 radical (unpaired) electrons. The Kier molecular flexibility index (Phi) is 6.03. The van der Waals surface area contributed by atoms with Gasteiger partial charge in [0.15, 0.2) is 5.11 Å². The largest absolute Gasteiger partial charge is 0.494 e. The summed E-state index contributed by atoms with van der Waals surface area (Å²) in [5.74, 6) is 2.40. The van der Waals surface area contributed by atoms with E-state index in [2.05, 4.69) is 15.2 Å². The smallest absolute Gasteiger partial charge is 0.174 e. The molecule has 2 aromatic heterocycles. The van der Waals surface area contributed by atoms with Gasteiger partial charge in [0.1, 0.15) is 23.3 Å². The molecule has 1 saturated heterocycles. The van der Waals surface area contributed by atoms with Crippen LogP contribution in [0.25, 0.3) is 11.3 Å². The summed E-state index contributed by atoms with van der Waals surface area (Å²) in [5.41, 5.74) is 2.80. The maximum Gasteiger partial charge on any atom is 0.174 e. The summed E-state index contributed by atoms with van der Waals surface area (Å²) >= 11 is 11.9. The number of aromatic nitrogens is 1. The number of halogens is 1. The minimum absolute atomic E-state index is 0.172. The highest BCUT2D eigenvalue weighted by Crippen LogP contribution is 2.43. The Hall–Kier alpha value is -3.35. The van der Waals surface area contributed by atoms with E-state index in [0.29, 0.717) is 16.7 Å². The van der Waals surface area contributed by atoms with Gasteiger partial charge in [-0.2, -0.15) is 0 Å². The predicted octanol–water partition coefficient (Wildman–Crippen LogP) is 6.57. The van der Waals surface area contributed by atoms with E-state index in [1.54, 1.807) is 6.20 Å². The van der Waals surface area contributed by atoms with Crippen LogP contribution < -0.4 is 15.0 Å². The van der Waals surface area contributed by atoms with E-state index < -0.39 is 0 Å². The number of anilines is 1. The first kappa shape index (κ1) is 21.5. The maximum absolute atomic E-state index is 6.39. The zero-order valence-corrected chi connectivity index (χ0v) is 19.5. The Labute approximate surface area is 203 Å². The molecule has 0 aliphatic carbocycles. The fourth-order valence-electron chi connectivity index (χ4n) is 4.07. The van der Waals surface area contributed by atoms with E-state index >= 15 is 0 Å². The summed E-state index contributed by atoms with van der Waals surface area (Å²) in [7, 11) is 0. The number of nitrogens with zero attached hydrogens (tertiary/aromatic N) is 2. The molecule has 0 bridgehead atoms. The van der Waals surface area contributed by atoms with E-state index in [-0.39, 0.29) is 12.1 Å². The number of furan rings is 1. The van der Waals surface area contributed by atoms with Crippen molar-refractivity contribution in [3.05, 3.63) is 102 Å². The topological polar surface area (TPSA) is 50.5 Å². The van der Waals surface area contributed by atoms with Crippen molar-refractivity contribution in [2.75, 3.05) is 11.5 Å². The van der Waals surface area contributed by atoms with E-state index in [0.717, 1.165) is 34.2 Å². The summed E-state index contributed by atoms with van der Waals surface area (Å²) in [6.07, 6.45) is 1.79. The van der Waals surface area contributed by atoms with Crippen molar-refractivity contribution in [1.29, 1.82) is 0 Å². The fourth-order valence-corrected chi connectivity index (χ4v) is 4.54. The minimum atomic E-state index is -0.218. The molecule has 0 saturated carbocycles. The Morgan fingerprint density at radius 2 is 1.82 bits per heavy atom. The molecule has 0 spiro atoms. The molecule has 1 N–H and O–H groups in total. The van der Waals surface area contributed by atoms with Crippen molar-refractivity contribution < 1.29 is 9.15 Å². The fraction of sp³-hybridized carbons (Fsp3) is 0.154. The van der Waals surface area contributed by atoms with Crippen LogP contribution in [-0.2, 0) is 0 Å². The molecule has 166 valence electrons. The number of hydrogen-bond donors (Lipinski definition) is 1. The SMILES string of the molecule is CCOc1ccc(-c2ccc(C3C(c4ccccn4)NC(=S)N3c3ccc(Cl)cc3)o2)cc1. The van der Waals surface area contributed by atoms with Crippen molar-refractivity contribution >= 4 is 34.6 Å². The van der Waals surface area contributed by atoms with Crippen LogP contribution in [0.1, 0.15) is 30.5 Å². The number of benzene rings is 2. The molecule has 5 rings (SSSR count). The lowest BCUT2D eigenvalue weighted by Gasteiger charge is -2.26. The number of nitrogens with one attached hydrogen (secondary N) is 1. The van der Waals surface area contributed by atoms with E-state index in [1.807, 2.05) is 85.8 Å².